The first-order chi connectivity index (χ1) is 16.3. The van der Waals surface area contributed by atoms with Gasteiger partial charge < -0.3 is 9.67 Å². The van der Waals surface area contributed by atoms with Crippen LogP contribution < -0.4 is 0 Å². The number of carbonyl (C=O) groups is 3. The maximum atomic E-state index is 12.9. The summed E-state index contributed by atoms with van der Waals surface area (Å²) in [5.41, 5.74) is 2.61. The molecule has 1 aromatic heterocycles. The Balaban J connectivity index is 2.21. The van der Waals surface area contributed by atoms with E-state index in [1.54, 1.807) is 18.5 Å². The number of aromatic nitrogens is 1. The van der Waals surface area contributed by atoms with Crippen molar-refractivity contribution in [2.75, 3.05) is 0 Å². The molecule has 0 amide bonds. The molecular weight excluding hydrogens is 426 g/mol. The van der Waals surface area contributed by atoms with E-state index < -0.39 is 5.97 Å². The minimum Gasteiger partial charge on any atom is -0.481 e. The number of hydrogen-bond donors (Lipinski definition) is 1. The maximum Gasteiger partial charge on any atom is 0.303 e. The van der Waals surface area contributed by atoms with Gasteiger partial charge in [0.2, 0.25) is 0 Å². The second kappa shape index (κ2) is 17.5. The molecule has 1 rings (SSSR count). The van der Waals surface area contributed by atoms with Crippen LogP contribution in [0.2, 0.25) is 0 Å². The minimum absolute atomic E-state index is 0.0415. The molecule has 0 saturated carbocycles. The van der Waals surface area contributed by atoms with Gasteiger partial charge >= 0.3 is 5.97 Å². The molecule has 0 radical (unpaired) electrons. The third kappa shape index (κ3) is 11.0. The van der Waals surface area contributed by atoms with E-state index in [0.29, 0.717) is 23.2 Å². The molecule has 1 N–H and O–H groups in total. The topological polar surface area (TPSA) is 76.4 Å². The van der Waals surface area contributed by atoms with E-state index in [0.717, 1.165) is 18.5 Å². The molecule has 34 heavy (non-hydrogen) atoms. The molecule has 0 atom stereocenters. The van der Waals surface area contributed by atoms with Gasteiger partial charge in [0.05, 0.1) is 12.1 Å². The number of ketones is 2. The Morgan fingerprint density at radius 1 is 0.647 bits per heavy atom. The van der Waals surface area contributed by atoms with Crippen molar-refractivity contribution in [1.82, 2.24) is 4.57 Å². The number of carboxylic acid groups (broad SMARTS) is 1. The molecular formula is C29H49NO4. The van der Waals surface area contributed by atoms with Crippen LogP contribution in [0.5, 0.6) is 0 Å². The largest absolute Gasteiger partial charge is 0.481 e. The average Bonchev–Trinajstić information content (AvgIpc) is 3.02. The smallest absolute Gasteiger partial charge is 0.303 e. The molecule has 0 fully saturated rings. The van der Waals surface area contributed by atoms with Gasteiger partial charge in [-0.15, -0.1) is 0 Å². The van der Waals surface area contributed by atoms with Crippen LogP contribution in [0.4, 0.5) is 0 Å². The first-order valence-electron chi connectivity index (χ1n) is 13.7. The highest BCUT2D eigenvalue weighted by Crippen LogP contribution is 2.25. The third-order valence-electron chi connectivity index (χ3n) is 7.05. The van der Waals surface area contributed by atoms with Gasteiger partial charge in [0, 0.05) is 31.1 Å². The van der Waals surface area contributed by atoms with Crippen LogP contribution in [0.25, 0.3) is 0 Å². The predicted octanol–water partition coefficient (Wildman–Crippen LogP) is 8.13. The van der Waals surface area contributed by atoms with Crippen LogP contribution in [0.1, 0.15) is 155 Å². The van der Waals surface area contributed by atoms with Crippen molar-refractivity contribution >= 4 is 17.5 Å². The summed E-state index contributed by atoms with van der Waals surface area (Å²) in [7, 11) is 1.78. The number of carboxylic acids is 1. The second-order valence-electron chi connectivity index (χ2n) is 9.93. The Bertz CT molecular complexity index is 763. The number of aliphatic carboxylic acids is 1. The molecule has 0 spiro atoms. The fourth-order valence-corrected chi connectivity index (χ4v) is 4.90. The highest BCUT2D eigenvalue weighted by molar-refractivity contribution is 6.04. The van der Waals surface area contributed by atoms with Crippen molar-refractivity contribution in [1.29, 1.82) is 0 Å². The quantitative estimate of drug-likeness (QED) is 0.144. The fraction of sp³-hybridized carbons (Fsp3) is 0.759. The van der Waals surface area contributed by atoms with E-state index in [-0.39, 0.29) is 24.4 Å². The molecule has 1 aromatic rings. The fourth-order valence-electron chi connectivity index (χ4n) is 4.90. The summed E-state index contributed by atoms with van der Waals surface area (Å²) in [5.74, 6) is -1.10. The lowest BCUT2D eigenvalue weighted by Gasteiger charge is -2.04. The van der Waals surface area contributed by atoms with Crippen molar-refractivity contribution in [3.05, 3.63) is 22.5 Å². The van der Waals surface area contributed by atoms with Gasteiger partial charge in [0.15, 0.2) is 11.6 Å². The SMILES string of the molecule is CCCCCCCCCCCCCCCCCC(=O)c1c(C)c(C(=O)CCC(=O)O)n(C)c1C. The molecule has 0 bridgehead atoms. The molecule has 0 aromatic carbocycles. The summed E-state index contributed by atoms with van der Waals surface area (Å²) in [6.45, 7) is 5.93. The predicted molar refractivity (Wildman–Crippen MR) is 140 cm³/mol. The second-order valence-corrected chi connectivity index (χ2v) is 9.93. The van der Waals surface area contributed by atoms with E-state index in [1.165, 1.54) is 83.5 Å². The van der Waals surface area contributed by atoms with Gasteiger partial charge in [-0.1, -0.05) is 96.8 Å². The van der Waals surface area contributed by atoms with E-state index in [2.05, 4.69) is 6.92 Å². The lowest BCUT2D eigenvalue weighted by atomic mass is 9.98. The van der Waals surface area contributed by atoms with Gasteiger partial charge in [0.25, 0.3) is 0 Å². The van der Waals surface area contributed by atoms with Crippen LogP contribution in [0, 0.1) is 13.8 Å². The molecule has 5 heteroatoms. The van der Waals surface area contributed by atoms with Crippen molar-refractivity contribution in [3.63, 3.8) is 0 Å². The van der Waals surface area contributed by atoms with Gasteiger partial charge in [-0.25, -0.2) is 0 Å². The van der Waals surface area contributed by atoms with Crippen LogP contribution in [-0.4, -0.2) is 27.2 Å². The highest BCUT2D eigenvalue weighted by Gasteiger charge is 2.24. The Morgan fingerprint density at radius 3 is 1.53 bits per heavy atom. The van der Waals surface area contributed by atoms with Crippen LogP contribution >= 0.6 is 0 Å². The number of rotatable bonds is 21. The Kier molecular flexibility index (Phi) is 15.5. The van der Waals surface area contributed by atoms with Crippen molar-refractivity contribution in [2.45, 2.75) is 136 Å². The van der Waals surface area contributed by atoms with E-state index in [9.17, 15) is 14.4 Å². The van der Waals surface area contributed by atoms with E-state index in [1.807, 2.05) is 6.92 Å². The van der Waals surface area contributed by atoms with Gasteiger partial charge in [-0.05, 0) is 25.8 Å². The first-order valence-corrected chi connectivity index (χ1v) is 13.7. The molecule has 5 nitrogen and oxygen atoms in total. The number of carbonyl (C=O) groups excluding carboxylic acids is 2. The first kappa shape index (κ1) is 30.1. The zero-order valence-electron chi connectivity index (χ0n) is 22.3. The molecule has 0 saturated heterocycles. The van der Waals surface area contributed by atoms with Crippen molar-refractivity contribution < 1.29 is 19.5 Å². The molecule has 194 valence electrons. The Morgan fingerprint density at radius 2 is 1.09 bits per heavy atom. The van der Waals surface area contributed by atoms with Crippen LogP contribution in [0.15, 0.2) is 0 Å². The van der Waals surface area contributed by atoms with Gasteiger partial charge in [0.1, 0.15) is 0 Å². The van der Waals surface area contributed by atoms with Crippen LogP contribution in [-0.2, 0) is 11.8 Å². The zero-order valence-corrected chi connectivity index (χ0v) is 22.3. The standard InChI is InChI=1S/C29H49NO4/c1-5-6-7-8-9-10-11-12-13-14-15-16-17-18-19-20-25(31)28-23(2)29(30(4)24(28)3)26(32)21-22-27(33)34/h5-22H2,1-4H3,(H,33,34). The Labute approximate surface area is 207 Å². The minimum atomic E-state index is -0.985. The maximum absolute atomic E-state index is 12.9. The summed E-state index contributed by atoms with van der Waals surface area (Å²) < 4.78 is 1.75. The number of unbranched alkanes of at least 4 members (excludes halogenated alkanes) is 14. The van der Waals surface area contributed by atoms with Crippen molar-refractivity contribution in [3.8, 4) is 0 Å². The number of Topliss-reactive ketones (excluding diaryl/α,β-unsaturated/α-hetero) is 2. The number of hydrogen-bond acceptors (Lipinski definition) is 3. The molecule has 0 aliphatic rings. The lowest BCUT2D eigenvalue weighted by molar-refractivity contribution is -0.136. The Hall–Kier alpha value is -1.91. The normalized spacial score (nSPS) is 11.2. The summed E-state index contributed by atoms with van der Waals surface area (Å²) >= 11 is 0. The molecule has 1 heterocycles. The molecule has 0 aliphatic heterocycles. The van der Waals surface area contributed by atoms with Gasteiger partial charge in [-0.3, -0.25) is 14.4 Å². The monoisotopic (exact) mass is 475 g/mol. The molecule has 0 aliphatic carbocycles. The lowest BCUT2D eigenvalue weighted by Crippen LogP contribution is -2.10. The summed E-state index contributed by atoms with van der Waals surface area (Å²) in [4.78, 5) is 36.1. The zero-order chi connectivity index (χ0) is 25.3. The summed E-state index contributed by atoms with van der Waals surface area (Å²) in [6.07, 6.45) is 19.7. The summed E-state index contributed by atoms with van der Waals surface area (Å²) in [5, 5.41) is 8.85. The van der Waals surface area contributed by atoms with Gasteiger partial charge in [-0.2, -0.15) is 0 Å². The van der Waals surface area contributed by atoms with Crippen LogP contribution in [0.3, 0.4) is 0 Å². The third-order valence-corrected chi connectivity index (χ3v) is 7.05. The summed E-state index contributed by atoms with van der Waals surface area (Å²) in [6, 6.07) is 0. The van der Waals surface area contributed by atoms with E-state index >= 15 is 0 Å². The van der Waals surface area contributed by atoms with Crippen molar-refractivity contribution in [2.24, 2.45) is 7.05 Å². The molecule has 0 unspecified atom stereocenters. The van der Waals surface area contributed by atoms with E-state index in [4.69, 9.17) is 5.11 Å². The highest BCUT2D eigenvalue weighted by atomic mass is 16.4. The number of nitrogens with zero attached hydrogens (tertiary/aromatic N) is 1. The average molecular weight is 476 g/mol.